The third-order valence-corrected chi connectivity index (χ3v) is 6.09. The van der Waals surface area contributed by atoms with E-state index >= 15 is 0 Å². The van der Waals surface area contributed by atoms with Crippen LogP contribution in [0.4, 0.5) is 0 Å². The van der Waals surface area contributed by atoms with Gasteiger partial charge in [-0.25, -0.2) is 0 Å². The maximum atomic E-state index is 2.58. The Kier molecular flexibility index (Phi) is 2.20. The molecule has 3 saturated carbocycles. The van der Waals surface area contributed by atoms with E-state index in [1.807, 2.05) is 0 Å². The lowest BCUT2D eigenvalue weighted by atomic mass is 9.47. The van der Waals surface area contributed by atoms with E-state index in [9.17, 15) is 0 Å². The summed E-state index contributed by atoms with van der Waals surface area (Å²) in [5.41, 5.74) is 0.782. The van der Waals surface area contributed by atoms with E-state index in [1.54, 1.807) is 12.8 Å². The van der Waals surface area contributed by atoms with Crippen LogP contribution in [0.3, 0.4) is 0 Å². The predicted octanol–water partition coefficient (Wildman–Crippen LogP) is 4.49. The van der Waals surface area contributed by atoms with Crippen molar-refractivity contribution < 1.29 is 0 Å². The Morgan fingerprint density at radius 1 is 1.33 bits per heavy atom. The summed E-state index contributed by atoms with van der Waals surface area (Å²) in [5, 5.41) is 0. The van der Waals surface area contributed by atoms with E-state index in [4.69, 9.17) is 0 Å². The fourth-order valence-corrected chi connectivity index (χ4v) is 5.64. The van der Waals surface area contributed by atoms with Gasteiger partial charge in [0.2, 0.25) is 0 Å². The van der Waals surface area contributed by atoms with Gasteiger partial charge in [-0.15, -0.1) is 0 Å². The Morgan fingerprint density at radius 2 is 2.13 bits per heavy atom. The molecule has 86 valence electrons. The highest BCUT2D eigenvalue weighted by Crippen LogP contribution is 2.69. The first kappa shape index (κ1) is 10.2. The molecule has 6 unspecified atom stereocenters. The van der Waals surface area contributed by atoms with Crippen LogP contribution in [0.1, 0.15) is 59.3 Å². The Hall–Kier alpha value is 0. The van der Waals surface area contributed by atoms with Crippen molar-refractivity contribution >= 4 is 0 Å². The molecule has 0 aromatic carbocycles. The molecule has 0 radical (unpaired) electrons. The second kappa shape index (κ2) is 3.25. The molecule has 0 N–H and O–H groups in total. The highest BCUT2D eigenvalue weighted by Gasteiger charge is 2.62. The lowest BCUT2D eigenvalue weighted by molar-refractivity contribution is -0.0875. The van der Waals surface area contributed by atoms with Gasteiger partial charge in [0, 0.05) is 0 Å². The maximum absolute atomic E-state index is 2.58. The average Bonchev–Trinajstić information content (AvgIpc) is 2.50. The minimum atomic E-state index is 0.782. The molecule has 6 atom stereocenters. The molecule has 0 aromatic rings. The Morgan fingerprint density at radius 3 is 2.87 bits per heavy atom. The fourth-order valence-electron chi connectivity index (χ4n) is 5.64. The molecule has 3 aliphatic carbocycles. The van der Waals surface area contributed by atoms with E-state index in [0.717, 1.165) is 35.0 Å². The molecule has 15 heavy (non-hydrogen) atoms. The largest absolute Gasteiger partial charge is 0.0654 e. The molecule has 0 nitrogen and oxygen atoms in total. The van der Waals surface area contributed by atoms with Gasteiger partial charge in [-0.2, -0.15) is 0 Å². The second-order valence-electron chi connectivity index (χ2n) is 7.02. The van der Waals surface area contributed by atoms with Crippen molar-refractivity contribution in [1.82, 2.24) is 0 Å². The second-order valence-corrected chi connectivity index (χ2v) is 7.02. The summed E-state index contributed by atoms with van der Waals surface area (Å²) in [6.07, 6.45) is 9.13. The van der Waals surface area contributed by atoms with Crippen molar-refractivity contribution in [3.8, 4) is 0 Å². The topological polar surface area (TPSA) is 0 Å². The van der Waals surface area contributed by atoms with Gasteiger partial charge in [-0.3, -0.25) is 0 Å². The van der Waals surface area contributed by atoms with Crippen LogP contribution in [0, 0.1) is 35.0 Å². The summed E-state index contributed by atoms with van der Waals surface area (Å²) < 4.78 is 0. The molecule has 0 bridgehead atoms. The van der Waals surface area contributed by atoms with E-state index in [-0.39, 0.29) is 0 Å². The van der Waals surface area contributed by atoms with Crippen molar-refractivity contribution in [1.29, 1.82) is 0 Å². The first-order valence-corrected chi connectivity index (χ1v) is 7.15. The smallest absolute Gasteiger partial charge is 0.0289 e. The zero-order valence-corrected chi connectivity index (χ0v) is 10.6. The average molecular weight is 206 g/mol. The summed E-state index contributed by atoms with van der Waals surface area (Å²) in [5.74, 6) is 5.52. The molecule has 0 spiro atoms. The molecular weight excluding hydrogens is 180 g/mol. The van der Waals surface area contributed by atoms with Gasteiger partial charge < -0.3 is 0 Å². The van der Waals surface area contributed by atoms with Crippen LogP contribution in [-0.2, 0) is 0 Å². The van der Waals surface area contributed by atoms with Gasteiger partial charge in [0.25, 0.3) is 0 Å². The molecule has 0 amide bonds. The van der Waals surface area contributed by atoms with Crippen LogP contribution in [0.15, 0.2) is 0 Å². The van der Waals surface area contributed by atoms with E-state index in [1.165, 1.54) is 25.7 Å². The molecule has 0 aliphatic heterocycles. The minimum Gasteiger partial charge on any atom is -0.0654 e. The Labute approximate surface area is 94.8 Å². The molecule has 3 aliphatic rings. The molecular formula is C15H26. The molecule has 0 heteroatoms. The lowest BCUT2D eigenvalue weighted by Gasteiger charge is -2.58. The summed E-state index contributed by atoms with van der Waals surface area (Å²) in [4.78, 5) is 0. The van der Waals surface area contributed by atoms with Crippen molar-refractivity contribution in [2.75, 3.05) is 0 Å². The van der Waals surface area contributed by atoms with Crippen LogP contribution in [-0.4, -0.2) is 0 Å². The number of hydrogen-bond donors (Lipinski definition) is 0. The van der Waals surface area contributed by atoms with Gasteiger partial charge in [0.05, 0.1) is 0 Å². The fraction of sp³-hybridized carbons (Fsp3) is 1.00. The van der Waals surface area contributed by atoms with Gasteiger partial charge in [-0.1, -0.05) is 33.6 Å². The molecule has 0 heterocycles. The van der Waals surface area contributed by atoms with Crippen LogP contribution < -0.4 is 0 Å². The van der Waals surface area contributed by atoms with Crippen LogP contribution >= 0.6 is 0 Å². The Balaban J connectivity index is 1.83. The third kappa shape index (κ3) is 1.26. The lowest BCUT2D eigenvalue weighted by Crippen LogP contribution is -2.50. The van der Waals surface area contributed by atoms with Crippen molar-refractivity contribution in [3.05, 3.63) is 0 Å². The van der Waals surface area contributed by atoms with Crippen LogP contribution in [0.5, 0.6) is 0 Å². The van der Waals surface area contributed by atoms with Crippen molar-refractivity contribution in [3.63, 3.8) is 0 Å². The summed E-state index contributed by atoms with van der Waals surface area (Å²) >= 11 is 0. The van der Waals surface area contributed by atoms with E-state index in [0.29, 0.717) is 0 Å². The van der Waals surface area contributed by atoms with E-state index < -0.39 is 0 Å². The minimum absolute atomic E-state index is 0.782. The van der Waals surface area contributed by atoms with Gasteiger partial charge in [-0.05, 0) is 60.7 Å². The highest BCUT2D eigenvalue weighted by atomic mass is 14.7. The number of rotatable bonds is 2. The summed E-state index contributed by atoms with van der Waals surface area (Å²) in [6.45, 7) is 7.49. The molecule has 3 rings (SSSR count). The summed E-state index contributed by atoms with van der Waals surface area (Å²) in [6, 6.07) is 0. The summed E-state index contributed by atoms with van der Waals surface area (Å²) in [7, 11) is 0. The van der Waals surface area contributed by atoms with E-state index in [2.05, 4.69) is 20.8 Å². The standard InChI is InChI=1S/C15H26/c1-4-5-11-8-12-9-15(3)7-6-10(2)13(11)14(12)15/h10-14H,4-9H2,1-3H3. The monoisotopic (exact) mass is 206 g/mol. The van der Waals surface area contributed by atoms with Gasteiger partial charge in [0.1, 0.15) is 0 Å². The molecule has 3 fully saturated rings. The first-order chi connectivity index (χ1) is 7.15. The van der Waals surface area contributed by atoms with Crippen molar-refractivity contribution in [2.45, 2.75) is 59.3 Å². The SMILES string of the molecule is CCCC1CC2CC3(C)CCC(C)C1C23. The Bertz CT molecular complexity index is 257. The number of hydrogen-bond acceptors (Lipinski definition) is 0. The van der Waals surface area contributed by atoms with Crippen LogP contribution in [0.25, 0.3) is 0 Å². The third-order valence-electron chi connectivity index (χ3n) is 6.09. The van der Waals surface area contributed by atoms with Crippen molar-refractivity contribution in [2.24, 2.45) is 35.0 Å². The quantitative estimate of drug-likeness (QED) is 0.624. The van der Waals surface area contributed by atoms with Crippen LogP contribution in [0.2, 0.25) is 0 Å². The van der Waals surface area contributed by atoms with Gasteiger partial charge >= 0.3 is 0 Å². The predicted molar refractivity (Wildman–Crippen MR) is 64.6 cm³/mol. The highest BCUT2D eigenvalue weighted by molar-refractivity contribution is 5.11. The zero-order valence-electron chi connectivity index (χ0n) is 10.6. The first-order valence-electron chi connectivity index (χ1n) is 7.15. The zero-order chi connectivity index (χ0) is 10.6. The maximum Gasteiger partial charge on any atom is -0.0289 e. The molecule has 0 saturated heterocycles. The van der Waals surface area contributed by atoms with Gasteiger partial charge in [0.15, 0.2) is 0 Å². The normalized spacial score (nSPS) is 57.4. The molecule has 0 aromatic heterocycles.